The fourth-order valence-corrected chi connectivity index (χ4v) is 5.99. The molecule has 1 amide bonds. The molecule has 166 valence electrons. The molecule has 2 fully saturated rings. The summed E-state index contributed by atoms with van der Waals surface area (Å²) in [7, 11) is -1.54. The highest BCUT2D eigenvalue weighted by Gasteiger charge is 2.42. The van der Waals surface area contributed by atoms with Crippen molar-refractivity contribution in [3.05, 3.63) is 29.8 Å². The van der Waals surface area contributed by atoms with Crippen molar-refractivity contribution < 1.29 is 22.7 Å². The van der Waals surface area contributed by atoms with E-state index in [-0.39, 0.29) is 29.5 Å². The Balaban J connectivity index is 1.62. The second-order valence-electron chi connectivity index (χ2n) is 7.95. The number of carbonyl (C=O) groups is 1. The average molecular weight is 437 g/mol. The highest BCUT2D eigenvalue weighted by atomic mass is 32.2. The van der Waals surface area contributed by atoms with Crippen LogP contribution in [0.25, 0.3) is 6.08 Å². The van der Waals surface area contributed by atoms with Crippen LogP contribution >= 0.6 is 0 Å². The lowest BCUT2D eigenvalue weighted by molar-refractivity contribution is -0.117. The van der Waals surface area contributed by atoms with Gasteiger partial charge in [0.2, 0.25) is 5.91 Å². The van der Waals surface area contributed by atoms with E-state index in [4.69, 9.17) is 9.47 Å². The second kappa shape index (κ2) is 10.3. The Bertz CT molecular complexity index is 862. The maximum absolute atomic E-state index is 12.5. The standard InChI is InChI=1S/C22H32N2O5S/c1-3-4-13-29-20-9-7-17(14-21(20)28-2)8-10-22(25)23-18-15-30(26,27)16-19(18)24-11-5-6-12-24/h7-10,14,18-19H,3-6,11-13,15-16H2,1-2H3,(H,23,25)/b10-8+. The minimum absolute atomic E-state index is 0.00532. The molecule has 3 rings (SSSR count). The van der Waals surface area contributed by atoms with Crippen LogP contribution < -0.4 is 14.8 Å². The maximum atomic E-state index is 12.5. The van der Waals surface area contributed by atoms with E-state index in [1.807, 2.05) is 18.2 Å². The predicted octanol–water partition coefficient (Wildman–Crippen LogP) is 2.26. The average Bonchev–Trinajstić information content (AvgIpc) is 3.34. The van der Waals surface area contributed by atoms with Crippen molar-refractivity contribution in [2.45, 2.75) is 44.7 Å². The number of ether oxygens (including phenoxy) is 2. The van der Waals surface area contributed by atoms with Gasteiger partial charge in [0.1, 0.15) is 0 Å². The lowest BCUT2D eigenvalue weighted by Crippen LogP contribution is -2.49. The van der Waals surface area contributed by atoms with E-state index in [0.29, 0.717) is 18.1 Å². The number of hydrogen-bond donors (Lipinski definition) is 1. The predicted molar refractivity (Wildman–Crippen MR) is 118 cm³/mol. The molecule has 2 aliphatic heterocycles. The normalized spacial score (nSPS) is 23.7. The summed E-state index contributed by atoms with van der Waals surface area (Å²) in [6, 6.07) is 5.02. The molecule has 30 heavy (non-hydrogen) atoms. The minimum Gasteiger partial charge on any atom is -0.493 e. The number of benzene rings is 1. The van der Waals surface area contributed by atoms with Crippen molar-refractivity contribution in [2.75, 3.05) is 38.3 Å². The molecule has 1 N–H and O–H groups in total. The van der Waals surface area contributed by atoms with Crippen molar-refractivity contribution in [1.82, 2.24) is 10.2 Å². The monoisotopic (exact) mass is 436 g/mol. The number of sulfone groups is 1. The molecule has 0 radical (unpaired) electrons. The van der Waals surface area contributed by atoms with E-state index >= 15 is 0 Å². The molecule has 0 saturated carbocycles. The first-order valence-electron chi connectivity index (χ1n) is 10.7. The zero-order valence-electron chi connectivity index (χ0n) is 17.8. The van der Waals surface area contributed by atoms with Crippen LogP contribution in [0.15, 0.2) is 24.3 Å². The molecule has 0 aromatic heterocycles. The van der Waals surface area contributed by atoms with Gasteiger partial charge in [-0.05, 0) is 56.1 Å². The van der Waals surface area contributed by atoms with Crippen molar-refractivity contribution in [3.63, 3.8) is 0 Å². The third kappa shape index (κ3) is 5.98. The molecule has 0 bridgehead atoms. The summed E-state index contributed by atoms with van der Waals surface area (Å²) in [6.45, 7) is 4.53. The third-order valence-corrected chi connectivity index (χ3v) is 7.35. The summed E-state index contributed by atoms with van der Waals surface area (Å²) in [5.41, 5.74) is 0.806. The molecule has 1 aromatic carbocycles. The van der Waals surface area contributed by atoms with Gasteiger partial charge in [-0.15, -0.1) is 0 Å². The SMILES string of the molecule is CCCCOc1ccc(/C=C/C(=O)NC2CS(=O)(=O)CC2N2CCCC2)cc1OC. The number of nitrogens with one attached hydrogen (secondary N) is 1. The summed E-state index contributed by atoms with van der Waals surface area (Å²) in [5.74, 6) is 1.13. The Kier molecular flexibility index (Phi) is 7.77. The fourth-order valence-electron chi connectivity index (χ4n) is 4.04. The van der Waals surface area contributed by atoms with Crippen molar-refractivity contribution in [2.24, 2.45) is 0 Å². The maximum Gasteiger partial charge on any atom is 0.244 e. The van der Waals surface area contributed by atoms with Gasteiger partial charge < -0.3 is 14.8 Å². The number of rotatable bonds is 9. The summed E-state index contributed by atoms with van der Waals surface area (Å²) >= 11 is 0. The quantitative estimate of drug-likeness (QED) is 0.472. The minimum atomic E-state index is -3.13. The first-order chi connectivity index (χ1) is 14.4. The number of likely N-dealkylation sites (tertiary alicyclic amines) is 1. The molecule has 2 atom stereocenters. The Morgan fingerprint density at radius 3 is 2.70 bits per heavy atom. The van der Waals surface area contributed by atoms with Gasteiger partial charge in [0, 0.05) is 12.1 Å². The smallest absolute Gasteiger partial charge is 0.244 e. The van der Waals surface area contributed by atoms with Crippen LogP contribution in [0.2, 0.25) is 0 Å². The molecule has 0 spiro atoms. The lowest BCUT2D eigenvalue weighted by atomic mass is 10.1. The molecular weight excluding hydrogens is 404 g/mol. The summed E-state index contributed by atoms with van der Waals surface area (Å²) < 4.78 is 35.4. The first kappa shape index (κ1) is 22.6. The van der Waals surface area contributed by atoms with Gasteiger partial charge >= 0.3 is 0 Å². The number of methoxy groups -OCH3 is 1. The van der Waals surface area contributed by atoms with Crippen molar-refractivity contribution in [3.8, 4) is 11.5 Å². The zero-order chi connectivity index (χ0) is 21.6. The molecule has 7 nitrogen and oxygen atoms in total. The van der Waals surface area contributed by atoms with Gasteiger partial charge in [0.15, 0.2) is 21.3 Å². The van der Waals surface area contributed by atoms with E-state index in [2.05, 4.69) is 17.1 Å². The van der Waals surface area contributed by atoms with Crippen LogP contribution in [0, 0.1) is 0 Å². The van der Waals surface area contributed by atoms with Gasteiger partial charge in [-0.1, -0.05) is 19.4 Å². The van der Waals surface area contributed by atoms with Crippen LogP contribution in [0.4, 0.5) is 0 Å². The Morgan fingerprint density at radius 2 is 2.00 bits per heavy atom. The van der Waals surface area contributed by atoms with E-state index < -0.39 is 9.84 Å². The molecular formula is C22H32N2O5S. The summed E-state index contributed by atoms with van der Waals surface area (Å²) in [5, 5.41) is 2.90. The Morgan fingerprint density at radius 1 is 1.23 bits per heavy atom. The third-order valence-electron chi connectivity index (χ3n) is 5.63. The molecule has 2 saturated heterocycles. The van der Waals surface area contributed by atoms with E-state index in [1.165, 1.54) is 6.08 Å². The molecule has 1 aromatic rings. The van der Waals surface area contributed by atoms with Gasteiger partial charge in [0.25, 0.3) is 0 Å². The molecule has 0 aliphatic carbocycles. The number of amides is 1. The fraction of sp³-hybridized carbons (Fsp3) is 0.591. The van der Waals surface area contributed by atoms with E-state index in [0.717, 1.165) is 44.3 Å². The van der Waals surface area contributed by atoms with Crippen LogP contribution in [0.3, 0.4) is 0 Å². The highest BCUT2D eigenvalue weighted by Crippen LogP contribution is 2.29. The summed E-state index contributed by atoms with van der Waals surface area (Å²) in [4.78, 5) is 14.7. The van der Waals surface area contributed by atoms with E-state index in [9.17, 15) is 13.2 Å². The van der Waals surface area contributed by atoms with Crippen molar-refractivity contribution in [1.29, 1.82) is 0 Å². The van der Waals surface area contributed by atoms with Gasteiger partial charge in [-0.3, -0.25) is 9.69 Å². The molecule has 2 heterocycles. The molecule has 2 unspecified atom stereocenters. The summed E-state index contributed by atoms with van der Waals surface area (Å²) in [6.07, 6.45) is 7.33. The van der Waals surface area contributed by atoms with Gasteiger partial charge in [-0.25, -0.2) is 8.42 Å². The van der Waals surface area contributed by atoms with Crippen LogP contribution in [0.1, 0.15) is 38.2 Å². The number of carbonyl (C=O) groups excluding carboxylic acids is 1. The Hall–Kier alpha value is -2.06. The number of hydrogen-bond acceptors (Lipinski definition) is 6. The van der Waals surface area contributed by atoms with Gasteiger partial charge in [0.05, 0.1) is 31.3 Å². The van der Waals surface area contributed by atoms with E-state index in [1.54, 1.807) is 13.2 Å². The largest absolute Gasteiger partial charge is 0.493 e. The van der Waals surface area contributed by atoms with Crippen molar-refractivity contribution >= 4 is 21.8 Å². The topological polar surface area (TPSA) is 84.9 Å². The second-order valence-corrected chi connectivity index (χ2v) is 10.1. The lowest BCUT2D eigenvalue weighted by Gasteiger charge is -2.28. The Labute approximate surface area is 179 Å². The van der Waals surface area contributed by atoms with Crippen LogP contribution in [-0.4, -0.2) is 69.6 Å². The van der Waals surface area contributed by atoms with Gasteiger partial charge in [-0.2, -0.15) is 0 Å². The molecule has 2 aliphatic rings. The van der Waals surface area contributed by atoms with Crippen LogP contribution in [0.5, 0.6) is 11.5 Å². The first-order valence-corrected chi connectivity index (χ1v) is 12.5. The zero-order valence-corrected chi connectivity index (χ0v) is 18.6. The van der Waals surface area contributed by atoms with Crippen LogP contribution in [-0.2, 0) is 14.6 Å². The number of unbranched alkanes of at least 4 members (excludes halogenated alkanes) is 1. The highest BCUT2D eigenvalue weighted by molar-refractivity contribution is 7.91. The number of nitrogens with zero attached hydrogens (tertiary/aromatic N) is 1. The molecule has 8 heteroatoms.